The van der Waals surface area contributed by atoms with Crippen LogP contribution in [0.3, 0.4) is 0 Å². The number of hydrogen-bond acceptors (Lipinski definition) is 3. The number of aliphatic hydroxyl groups excluding tert-OH is 1. The highest BCUT2D eigenvalue weighted by Crippen LogP contribution is 2.01. The lowest BCUT2D eigenvalue weighted by atomic mass is 10.1. The Balaban J connectivity index is 2.32. The average Bonchev–Trinajstić information content (AvgIpc) is 2.29. The summed E-state index contributed by atoms with van der Waals surface area (Å²) in [7, 11) is 0. The molecule has 0 aliphatic carbocycles. The molecular weight excluding hydrogens is 216 g/mol. The van der Waals surface area contributed by atoms with Crippen LogP contribution < -0.4 is 11.1 Å². The van der Waals surface area contributed by atoms with E-state index in [1.165, 1.54) is 0 Å². The van der Waals surface area contributed by atoms with Gasteiger partial charge in [0.25, 0.3) is 0 Å². The van der Waals surface area contributed by atoms with E-state index in [-0.39, 0.29) is 5.91 Å². The van der Waals surface area contributed by atoms with E-state index in [4.69, 9.17) is 10.8 Å². The second-order valence-electron chi connectivity index (χ2n) is 4.22. The Morgan fingerprint density at radius 1 is 1.41 bits per heavy atom. The monoisotopic (exact) mass is 236 g/mol. The normalized spacial score (nSPS) is 14.1. The molecule has 4 nitrogen and oxygen atoms in total. The zero-order valence-corrected chi connectivity index (χ0v) is 10.1. The third kappa shape index (κ3) is 5.47. The Kier molecular flexibility index (Phi) is 5.66. The number of aliphatic hydroxyl groups is 1. The minimum Gasteiger partial charge on any atom is -0.393 e. The van der Waals surface area contributed by atoms with Crippen LogP contribution in [0.4, 0.5) is 0 Å². The third-order valence-corrected chi connectivity index (χ3v) is 2.50. The quantitative estimate of drug-likeness (QED) is 0.671. The molecule has 4 N–H and O–H groups in total. The van der Waals surface area contributed by atoms with Crippen LogP contribution in [-0.4, -0.2) is 29.7 Å². The molecule has 0 aliphatic rings. The summed E-state index contributed by atoms with van der Waals surface area (Å²) >= 11 is 0. The van der Waals surface area contributed by atoms with Crippen molar-refractivity contribution in [3.05, 3.63) is 35.9 Å². The van der Waals surface area contributed by atoms with Crippen molar-refractivity contribution < 1.29 is 9.90 Å². The van der Waals surface area contributed by atoms with Gasteiger partial charge in [-0.3, -0.25) is 4.79 Å². The van der Waals surface area contributed by atoms with Crippen molar-refractivity contribution in [2.75, 3.05) is 6.54 Å². The SMILES string of the molecule is C[C@H](O)CCNC(=O)[C@H](N)Cc1ccccc1. The number of carbonyl (C=O) groups excluding carboxylic acids is 1. The Hall–Kier alpha value is -1.39. The smallest absolute Gasteiger partial charge is 0.237 e. The lowest BCUT2D eigenvalue weighted by molar-refractivity contribution is -0.122. The van der Waals surface area contributed by atoms with Crippen LogP contribution in [-0.2, 0) is 11.2 Å². The molecule has 0 heterocycles. The van der Waals surface area contributed by atoms with Gasteiger partial charge in [0.15, 0.2) is 0 Å². The molecule has 0 aliphatic heterocycles. The molecule has 17 heavy (non-hydrogen) atoms. The van der Waals surface area contributed by atoms with Crippen molar-refractivity contribution >= 4 is 5.91 Å². The summed E-state index contributed by atoms with van der Waals surface area (Å²) in [6.07, 6.45) is 0.672. The minimum atomic E-state index is -0.536. The molecule has 1 aromatic carbocycles. The van der Waals surface area contributed by atoms with Gasteiger partial charge in [-0.25, -0.2) is 0 Å². The molecule has 1 rings (SSSR count). The van der Waals surface area contributed by atoms with E-state index in [1.54, 1.807) is 6.92 Å². The zero-order valence-electron chi connectivity index (χ0n) is 10.1. The first-order valence-electron chi connectivity index (χ1n) is 5.85. The van der Waals surface area contributed by atoms with Gasteiger partial charge in [0, 0.05) is 6.54 Å². The predicted octanol–water partition coefficient (Wildman–Crippen LogP) is 0.444. The molecule has 1 aromatic rings. The fourth-order valence-corrected chi connectivity index (χ4v) is 1.50. The number of rotatable bonds is 6. The van der Waals surface area contributed by atoms with Crippen LogP contribution in [0.5, 0.6) is 0 Å². The van der Waals surface area contributed by atoms with Crippen molar-refractivity contribution in [3.8, 4) is 0 Å². The van der Waals surface area contributed by atoms with Gasteiger partial charge in [0.2, 0.25) is 5.91 Å². The highest BCUT2D eigenvalue weighted by Gasteiger charge is 2.13. The highest BCUT2D eigenvalue weighted by molar-refractivity contribution is 5.81. The summed E-state index contributed by atoms with van der Waals surface area (Å²) in [5.41, 5.74) is 6.84. The Labute approximate surface area is 102 Å². The van der Waals surface area contributed by atoms with Crippen molar-refractivity contribution in [1.82, 2.24) is 5.32 Å². The highest BCUT2D eigenvalue weighted by atomic mass is 16.3. The number of benzene rings is 1. The lowest BCUT2D eigenvalue weighted by Crippen LogP contribution is -2.42. The van der Waals surface area contributed by atoms with Gasteiger partial charge in [-0.05, 0) is 25.3 Å². The maximum Gasteiger partial charge on any atom is 0.237 e. The molecule has 0 saturated carbocycles. The van der Waals surface area contributed by atoms with E-state index >= 15 is 0 Å². The lowest BCUT2D eigenvalue weighted by Gasteiger charge is -2.12. The molecule has 94 valence electrons. The molecular formula is C13H20N2O2. The van der Waals surface area contributed by atoms with Crippen LogP contribution in [0.25, 0.3) is 0 Å². The van der Waals surface area contributed by atoms with Crippen molar-refractivity contribution in [3.63, 3.8) is 0 Å². The zero-order chi connectivity index (χ0) is 12.7. The minimum absolute atomic E-state index is 0.172. The van der Waals surface area contributed by atoms with Gasteiger partial charge >= 0.3 is 0 Å². The Morgan fingerprint density at radius 3 is 2.65 bits per heavy atom. The molecule has 0 spiro atoms. The third-order valence-electron chi connectivity index (χ3n) is 2.50. The number of carbonyl (C=O) groups is 1. The fraction of sp³-hybridized carbons (Fsp3) is 0.462. The molecule has 0 aromatic heterocycles. The average molecular weight is 236 g/mol. The van der Waals surface area contributed by atoms with Gasteiger partial charge in [-0.15, -0.1) is 0 Å². The summed E-state index contributed by atoms with van der Waals surface area (Å²) in [4.78, 5) is 11.6. The Morgan fingerprint density at radius 2 is 2.06 bits per heavy atom. The topological polar surface area (TPSA) is 75.3 Å². The number of nitrogens with two attached hydrogens (primary N) is 1. The van der Waals surface area contributed by atoms with Crippen LogP contribution in [0.2, 0.25) is 0 Å². The van der Waals surface area contributed by atoms with Crippen molar-refractivity contribution in [1.29, 1.82) is 0 Å². The van der Waals surface area contributed by atoms with Gasteiger partial charge in [-0.1, -0.05) is 30.3 Å². The molecule has 4 heteroatoms. The van der Waals surface area contributed by atoms with E-state index in [0.29, 0.717) is 19.4 Å². The van der Waals surface area contributed by atoms with Crippen LogP contribution in [0.1, 0.15) is 18.9 Å². The molecule has 0 bridgehead atoms. The molecule has 0 unspecified atom stereocenters. The summed E-state index contributed by atoms with van der Waals surface area (Å²) in [5.74, 6) is -0.172. The molecule has 1 amide bonds. The van der Waals surface area contributed by atoms with Gasteiger partial charge in [0.1, 0.15) is 0 Å². The van der Waals surface area contributed by atoms with E-state index in [1.807, 2.05) is 30.3 Å². The number of amides is 1. The largest absolute Gasteiger partial charge is 0.393 e. The predicted molar refractivity (Wildman–Crippen MR) is 67.4 cm³/mol. The summed E-state index contributed by atoms with van der Waals surface area (Å²) in [6.45, 7) is 2.15. The summed E-state index contributed by atoms with van der Waals surface area (Å²) in [6, 6.07) is 9.14. The van der Waals surface area contributed by atoms with Gasteiger partial charge in [-0.2, -0.15) is 0 Å². The van der Waals surface area contributed by atoms with E-state index in [9.17, 15) is 4.79 Å². The molecule has 2 atom stereocenters. The molecule has 0 fully saturated rings. The summed E-state index contributed by atoms with van der Waals surface area (Å²) in [5, 5.41) is 11.8. The van der Waals surface area contributed by atoms with E-state index in [2.05, 4.69) is 5.32 Å². The van der Waals surface area contributed by atoms with E-state index < -0.39 is 12.1 Å². The summed E-state index contributed by atoms with van der Waals surface area (Å²) < 4.78 is 0. The maximum atomic E-state index is 11.6. The first kappa shape index (κ1) is 13.7. The second kappa shape index (κ2) is 7.04. The van der Waals surface area contributed by atoms with Crippen LogP contribution in [0.15, 0.2) is 30.3 Å². The molecule has 0 radical (unpaired) electrons. The first-order valence-corrected chi connectivity index (χ1v) is 5.85. The standard InChI is InChI=1S/C13H20N2O2/c1-10(16)7-8-15-13(17)12(14)9-11-5-3-2-4-6-11/h2-6,10,12,16H,7-9,14H2,1H3,(H,15,17)/t10-,12+/m0/s1. The molecule has 0 saturated heterocycles. The Bertz CT molecular complexity index is 339. The van der Waals surface area contributed by atoms with E-state index in [0.717, 1.165) is 5.56 Å². The van der Waals surface area contributed by atoms with Crippen LogP contribution in [0, 0.1) is 0 Å². The first-order chi connectivity index (χ1) is 8.09. The second-order valence-corrected chi connectivity index (χ2v) is 4.22. The van der Waals surface area contributed by atoms with Gasteiger partial charge in [0.05, 0.1) is 12.1 Å². The van der Waals surface area contributed by atoms with Crippen LogP contribution >= 0.6 is 0 Å². The number of nitrogens with one attached hydrogen (secondary N) is 1. The van der Waals surface area contributed by atoms with Crippen molar-refractivity contribution in [2.24, 2.45) is 5.73 Å². The van der Waals surface area contributed by atoms with Crippen molar-refractivity contribution in [2.45, 2.75) is 31.9 Å². The fourth-order valence-electron chi connectivity index (χ4n) is 1.50. The van der Waals surface area contributed by atoms with Gasteiger partial charge < -0.3 is 16.2 Å². The maximum absolute atomic E-state index is 11.6. The number of hydrogen-bond donors (Lipinski definition) is 3.